The van der Waals surface area contributed by atoms with E-state index in [-0.39, 0.29) is 0 Å². The van der Waals surface area contributed by atoms with Crippen molar-refractivity contribution in [1.29, 1.82) is 0 Å². The molecule has 1 atom stereocenters. The van der Waals surface area contributed by atoms with Gasteiger partial charge in [0.2, 0.25) is 0 Å². The number of hydrogen-bond donors (Lipinski definition) is 2. The fourth-order valence-corrected chi connectivity index (χ4v) is 3.88. The average Bonchev–Trinajstić information content (AvgIpc) is 3.00. The second-order valence-corrected chi connectivity index (χ2v) is 8.34. The maximum atomic E-state index is 5.81. The molecule has 30 heavy (non-hydrogen) atoms. The second kappa shape index (κ2) is 12.0. The SMILES string of the molecule is CCNC(=NCc1ccc2c(c1)OCCCO2)NCC(CC(C)C)N1CCOCC1. The molecule has 1 unspecified atom stereocenters. The van der Waals surface area contributed by atoms with Crippen LogP contribution in [0.2, 0.25) is 0 Å². The van der Waals surface area contributed by atoms with Crippen LogP contribution in [0.15, 0.2) is 23.2 Å². The molecule has 168 valence electrons. The summed E-state index contributed by atoms with van der Waals surface area (Å²) in [5.74, 6) is 3.15. The van der Waals surface area contributed by atoms with Crippen molar-refractivity contribution >= 4 is 5.96 Å². The second-order valence-electron chi connectivity index (χ2n) is 8.34. The molecule has 0 bridgehead atoms. The number of ether oxygens (including phenoxy) is 3. The first kappa shape index (κ1) is 22.7. The number of hydrogen-bond acceptors (Lipinski definition) is 5. The Morgan fingerprint density at radius 3 is 2.57 bits per heavy atom. The minimum Gasteiger partial charge on any atom is -0.490 e. The van der Waals surface area contributed by atoms with Crippen molar-refractivity contribution < 1.29 is 14.2 Å². The zero-order chi connectivity index (χ0) is 21.2. The van der Waals surface area contributed by atoms with Gasteiger partial charge in [0.05, 0.1) is 33.0 Å². The number of aliphatic imine (C=N–C) groups is 1. The number of rotatable bonds is 8. The van der Waals surface area contributed by atoms with Gasteiger partial charge in [0.25, 0.3) is 0 Å². The lowest BCUT2D eigenvalue weighted by molar-refractivity contribution is 0.0132. The zero-order valence-corrected chi connectivity index (χ0v) is 18.8. The molecule has 2 heterocycles. The van der Waals surface area contributed by atoms with E-state index in [1.54, 1.807) is 0 Å². The Labute approximate surface area is 181 Å². The largest absolute Gasteiger partial charge is 0.490 e. The number of fused-ring (bicyclic) bond motifs is 1. The van der Waals surface area contributed by atoms with Crippen molar-refractivity contribution in [2.24, 2.45) is 10.9 Å². The lowest BCUT2D eigenvalue weighted by atomic mass is 10.0. The highest BCUT2D eigenvalue weighted by Gasteiger charge is 2.22. The van der Waals surface area contributed by atoms with Crippen molar-refractivity contribution in [3.63, 3.8) is 0 Å². The van der Waals surface area contributed by atoms with E-state index in [9.17, 15) is 0 Å². The summed E-state index contributed by atoms with van der Waals surface area (Å²) in [6, 6.07) is 6.58. The molecule has 1 saturated heterocycles. The summed E-state index contributed by atoms with van der Waals surface area (Å²) in [4.78, 5) is 7.35. The maximum absolute atomic E-state index is 5.81. The summed E-state index contributed by atoms with van der Waals surface area (Å²) in [6.07, 6.45) is 2.08. The van der Waals surface area contributed by atoms with Gasteiger partial charge in [0, 0.05) is 38.6 Å². The molecule has 0 aromatic heterocycles. The van der Waals surface area contributed by atoms with Crippen LogP contribution >= 0.6 is 0 Å². The fraction of sp³-hybridized carbons (Fsp3) is 0.696. The molecular formula is C23H38N4O3. The standard InChI is InChI=1S/C23H38N4O3/c1-4-24-23(26-17-20(14-18(2)3)27-8-12-28-13-9-27)25-16-19-6-7-21-22(15-19)30-11-5-10-29-21/h6-7,15,18,20H,4-5,8-14,16-17H2,1-3H3,(H2,24,25,26). The molecule has 0 spiro atoms. The van der Waals surface area contributed by atoms with E-state index in [1.165, 1.54) is 0 Å². The first-order valence-electron chi connectivity index (χ1n) is 11.4. The van der Waals surface area contributed by atoms with E-state index in [4.69, 9.17) is 19.2 Å². The van der Waals surface area contributed by atoms with Crippen molar-refractivity contribution in [3.05, 3.63) is 23.8 Å². The van der Waals surface area contributed by atoms with Gasteiger partial charge in [-0.3, -0.25) is 4.90 Å². The van der Waals surface area contributed by atoms with Gasteiger partial charge in [-0.25, -0.2) is 4.99 Å². The highest BCUT2D eigenvalue weighted by molar-refractivity contribution is 5.79. The van der Waals surface area contributed by atoms with Crippen LogP contribution in [0.25, 0.3) is 0 Å². The Morgan fingerprint density at radius 2 is 1.83 bits per heavy atom. The number of morpholine rings is 1. The van der Waals surface area contributed by atoms with Gasteiger partial charge in [-0.1, -0.05) is 19.9 Å². The van der Waals surface area contributed by atoms with Crippen molar-refractivity contribution in [2.75, 3.05) is 52.6 Å². The lowest BCUT2D eigenvalue weighted by Gasteiger charge is -2.35. The molecule has 1 aromatic carbocycles. The molecule has 0 saturated carbocycles. The zero-order valence-electron chi connectivity index (χ0n) is 18.8. The normalized spacial score (nSPS) is 18.7. The highest BCUT2D eigenvalue weighted by Crippen LogP contribution is 2.30. The third-order valence-electron chi connectivity index (χ3n) is 5.39. The Morgan fingerprint density at radius 1 is 1.07 bits per heavy atom. The third-order valence-corrected chi connectivity index (χ3v) is 5.39. The predicted molar refractivity (Wildman–Crippen MR) is 121 cm³/mol. The smallest absolute Gasteiger partial charge is 0.191 e. The minimum atomic E-state index is 0.482. The van der Waals surface area contributed by atoms with Crippen molar-refractivity contribution in [3.8, 4) is 11.5 Å². The highest BCUT2D eigenvalue weighted by atomic mass is 16.5. The fourth-order valence-electron chi connectivity index (χ4n) is 3.88. The van der Waals surface area contributed by atoms with E-state index in [0.717, 1.165) is 75.3 Å². The van der Waals surface area contributed by atoms with Crippen LogP contribution in [0.4, 0.5) is 0 Å². The Bertz CT molecular complexity index is 674. The topological polar surface area (TPSA) is 67.4 Å². The quantitative estimate of drug-likeness (QED) is 0.500. The minimum absolute atomic E-state index is 0.482. The van der Waals surface area contributed by atoms with Crippen LogP contribution in [-0.4, -0.2) is 69.5 Å². The van der Waals surface area contributed by atoms with E-state index in [0.29, 0.717) is 31.7 Å². The van der Waals surface area contributed by atoms with Crippen LogP contribution in [-0.2, 0) is 11.3 Å². The van der Waals surface area contributed by atoms with Crippen LogP contribution in [0.3, 0.4) is 0 Å². The summed E-state index contributed by atoms with van der Waals surface area (Å²) < 4.78 is 17.1. The van der Waals surface area contributed by atoms with Crippen molar-refractivity contribution in [2.45, 2.75) is 46.2 Å². The summed E-state index contributed by atoms with van der Waals surface area (Å²) in [5, 5.41) is 6.94. The molecule has 3 rings (SSSR count). The van der Waals surface area contributed by atoms with Crippen molar-refractivity contribution in [1.82, 2.24) is 15.5 Å². The monoisotopic (exact) mass is 418 g/mol. The van der Waals surface area contributed by atoms with Gasteiger partial charge in [-0.15, -0.1) is 0 Å². The maximum Gasteiger partial charge on any atom is 0.191 e. The average molecular weight is 419 g/mol. The number of benzene rings is 1. The third kappa shape index (κ3) is 7.06. The molecule has 1 aromatic rings. The number of nitrogens with one attached hydrogen (secondary N) is 2. The molecule has 7 nitrogen and oxygen atoms in total. The van der Waals surface area contributed by atoms with Gasteiger partial charge in [0.1, 0.15) is 0 Å². The molecule has 0 amide bonds. The van der Waals surface area contributed by atoms with E-state index in [1.807, 2.05) is 12.1 Å². The molecule has 7 heteroatoms. The van der Waals surface area contributed by atoms with Crippen LogP contribution in [0.1, 0.15) is 39.2 Å². The Balaban J connectivity index is 1.61. The molecule has 2 N–H and O–H groups in total. The molecule has 0 radical (unpaired) electrons. The molecule has 0 aliphatic carbocycles. The Kier molecular flexibility index (Phi) is 9.08. The lowest BCUT2D eigenvalue weighted by Crippen LogP contribution is -2.51. The van der Waals surface area contributed by atoms with Gasteiger partial charge >= 0.3 is 0 Å². The summed E-state index contributed by atoms with van der Waals surface area (Å²) >= 11 is 0. The van der Waals surface area contributed by atoms with E-state index < -0.39 is 0 Å². The van der Waals surface area contributed by atoms with Crippen LogP contribution in [0, 0.1) is 5.92 Å². The molecule has 1 fully saturated rings. The summed E-state index contributed by atoms with van der Waals surface area (Å²) in [5.41, 5.74) is 1.11. The van der Waals surface area contributed by atoms with Gasteiger partial charge < -0.3 is 24.8 Å². The predicted octanol–water partition coefficient (Wildman–Crippen LogP) is 2.65. The van der Waals surface area contributed by atoms with Crippen LogP contribution < -0.4 is 20.1 Å². The molecule has 2 aliphatic heterocycles. The van der Waals surface area contributed by atoms with E-state index in [2.05, 4.69) is 42.4 Å². The Hall–Kier alpha value is -1.99. The summed E-state index contributed by atoms with van der Waals surface area (Å²) in [6.45, 7) is 14.0. The van der Waals surface area contributed by atoms with Gasteiger partial charge in [-0.05, 0) is 37.0 Å². The van der Waals surface area contributed by atoms with Gasteiger partial charge in [-0.2, -0.15) is 0 Å². The molecule has 2 aliphatic rings. The van der Waals surface area contributed by atoms with E-state index >= 15 is 0 Å². The first-order chi connectivity index (χ1) is 14.7. The first-order valence-corrected chi connectivity index (χ1v) is 11.4. The van der Waals surface area contributed by atoms with Crippen LogP contribution in [0.5, 0.6) is 11.5 Å². The number of guanidine groups is 1. The number of nitrogens with zero attached hydrogens (tertiary/aromatic N) is 2. The molecular weight excluding hydrogens is 380 g/mol. The van der Waals surface area contributed by atoms with Gasteiger partial charge in [0.15, 0.2) is 17.5 Å². The summed E-state index contributed by atoms with van der Waals surface area (Å²) in [7, 11) is 0.